The highest BCUT2D eigenvalue weighted by Crippen LogP contribution is 2.21. The lowest BCUT2D eigenvalue weighted by Crippen LogP contribution is -2.21. The fraction of sp³-hybridized carbons (Fsp3) is 0.250. The Morgan fingerprint density at radius 3 is 2.00 bits per heavy atom. The number of nitrogens with zero attached hydrogens (tertiary/aromatic N) is 2. The molecule has 0 bridgehead atoms. The summed E-state index contributed by atoms with van der Waals surface area (Å²) in [5.74, 6) is 0.596. The fourth-order valence-corrected chi connectivity index (χ4v) is 1.67. The zero-order valence-electron chi connectivity index (χ0n) is 12.1. The maximum absolute atomic E-state index is 9.21. The van der Waals surface area contributed by atoms with Crippen molar-refractivity contribution < 1.29 is 14.9 Å². The smallest absolute Gasteiger partial charge is 0.119 e. The van der Waals surface area contributed by atoms with Crippen molar-refractivity contribution in [1.29, 1.82) is 0 Å². The monoisotopic (exact) mass is 301 g/mol. The van der Waals surface area contributed by atoms with Gasteiger partial charge in [0.05, 0.1) is 18.0 Å². The predicted octanol–water partition coefficient (Wildman–Crippen LogP) is 2.29. The van der Waals surface area contributed by atoms with E-state index < -0.39 is 6.10 Å². The number of aliphatic hydroxyl groups is 2. The van der Waals surface area contributed by atoms with Crippen LogP contribution < -0.4 is 10.5 Å². The molecule has 1 unspecified atom stereocenters. The molecule has 0 saturated heterocycles. The maximum Gasteiger partial charge on any atom is 0.119 e. The minimum Gasteiger partial charge on any atom is -0.491 e. The van der Waals surface area contributed by atoms with Gasteiger partial charge in [-0.05, 0) is 42.0 Å². The van der Waals surface area contributed by atoms with Gasteiger partial charge in [0, 0.05) is 6.54 Å². The number of hydrogen-bond acceptors (Lipinski definition) is 6. The van der Waals surface area contributed by atoms with Crippen molar-refractivity contribution in [2.75, 3.05) is 13.2 Å². The van der Waals surface area contributed by atoms with Crippen LogP contribution in [0.1, 0.15) is 5.56 Å². The van der Waals surface area contributed by atoms with Crippen LogP contribution in [0.25, 0.3) is 0 Å². The normalized spacial score (nSPS) is 12.5. The van der Waals surface area contributed by atoms with Gasteiger partial charge < -0.3 is 20.7 Å². The molecule has 6 nitrogen and oxygen atoms in total. The molecule has 116 valence electrons. The summed E-state index contributed by atoms with van der Waals surface area (Å²) in [7, 11) is 0. The Labute approximate surface area is 128 Å². The van der Waals surface area contributed by atoms with Crippen molar-refractivity contribution in [1.82, 2.24) is 0 Å². The van der Waals surface area contributed by atoms with E-state index in [1.54, 1.807) is 24.3 Å². The van der Waals surface area contributed by atoms with Crippen LogP contribution in [0.5, 0.6) is 5.75 Å². The van der Waals surface area contributed by atoms with Crippen LogP contribution in [0.2, 0.25) is 0 Å². The van der Waals surface area contributed by atoms with Crippen LogP contribution in [0, 0.1) is 0 Å². The summed E-state index contributed by atoms with van der Waals surface area (Å²) in [6.07, 6.45) is -0.879. The molecule has 0 amide bonds. The lowest BCUT2D eigenvalue weighted by molar-refractivity contribution is 0.0536. The average Bonchev–Trinajstić information content (AvgIpc) is 2.59. The lowest BCUT2D eigenvalue weighted by Gasteiger charge is -2.09. The van der Waals surface area contributed by atoms with Gasteiger partial charge in [-0.15, -0.1) is 0 Å². The van der Waals surface area contributed by atoms with Gasteiger partial charge in [0.15, 0.2) is 0 Å². The molecule has 2 aromatic carbocycles. The molecule has 0 aliphatic carbocycles. The summed E-state index contributed by atoms with van der Waals surface area (Å²) in [4.78, 5) is 0. The molecule has 1 atom stereocenters. The summed E-state index contributed by atoms with van der Waals surface area (Å²) in [6, 6.07) is 14.5. The highest BCUT2D eigenvalue weighted by molar-refractivity contribution is 5.43. The number of azo groups is 1. The van der Waals surface area contributed by atoms with Crippen molar-refractivity contribution in [2.24, 2.45) is 16.0 Å². The summed E-state index contributed by atoms with van der Waals surface area (Å²) in [5.41, 5.74) is 8.03. The van der Waals surface area contributed by atoms with Gasteiger partial charge in [-0.3, -0.25) is 0 Å². The third kappa shape index (κ3) is 4.92. The second kappa shape index (κ2) is 8.23. The van der Waals surface area contributed by atoms with E-state index in [0.29, 0.717) is 18.0 Å². The van der Waals surface area contributed by atoms with E-state index in [1.807, 2.05) is 24.3 Å². The van der Waals surface area contributed by atoms with E-state index in [0.717, 1.165) is 11.3 Å². The first-order valence-electron chi connectivity index (χ1n) is 6.94. The molecule has 0 aromatic heterocycles. The molecule has 0 radical (unpaired) electrons. The Bertz CT molecular complexity index is 597. The van der Waals surface area contributed by atoms with E-state index >= 15 is 0 Å². The van der Waals surface area contributed by atoms with Gasteiger partial charge in [0.25, 0.3) is 0 Å². The number of rotatable bonds is 7. The van der Waals surface area contributed by atoms with E-state index in [2.05, 4.69) is 10.2 Å². The van der Waals surface area contributed by atoms with Crippen LogP contribution >= 0.6 is 0 Å². The molecule has 4 N–H and O–H groups in total. The second-order valence-electron chi connectivity index (χ2n) is 4.71. The largest absolute Gasteiger partial charge is 0.491 e. The van der Waals surface area contributed by atoms with Crippen LogP contribution in [0.3, 0.4) is 0 Å². The minimum absolute atomic E-state index is 0.0465. The third-order valence-electron chi connectivity index (χ3n) is 2.94. The molecule has 0 aliphatic heterocycles. The van der Waals surface area contributed by atoms with Crippen LogP contribution in [0.4, 0.5) is 11.4 Å². The topological polar surface area (TPSA) is 100 Å². The minimum atomic E-state index is -0.879. The summed E-state index contributed by atoms with van der Waals surface area (Å²) in [6.45, 7) is 0.226. The van der Waals surface area contributed by atoms with Crippen molar-refractivity contribution in [3.8, 4) is 5.75 Å². The molecular weight excluding hydrogens is 282 g/mol. The number of ether oxygens (including phenoxy) is 1. The van der Waals surface area contributed by atoms with Crippen LogP contribution in [-0.2, 0) is 6.54 Å². The second-order valence-corrected chi connectivity index (χ2v) is 4.71. The van der Waals surface area contributed by atoms with E-state index in [1.165, 1.54) is 0 Å². The van der Waals surface area contributed by atoms with E-state index in [-0.39, 0.29) is 13.2 Å². The molecule has 0 fully saturated rings. The molecule has 0 heterocycles. The lowest BCUT2D eigenvalue weighted by atomic mass is 10.2. The molecule has 0 aliphatic rings. The summed E-state index contributed by atoms with van der Waals surface area (Å²) < 4.78 is 5.31. The Hall–Kier alpha value is -2.28. The van der Waals surface area contributed by atoms with Crippen LogP contribution in [0.15, 0.2) is 58.8 Å². The molecule has 0 spiro atoms. The van der Waals surface area contributed by atoms with Crippen molar-refractivity contribution in [2.45, 2.75) is 12.6 Å². The molecule has 6 heteroatoms. The average molecular weight is 301 g/mol. The number of aliphatic hydroxyl groups excluding tert-OH is 2. The van der Waals surface area contributed by atoms with Crippen LogP contribution in [-0.4, -0.2) is 29.5 Å². The third-order valence-corrected chi connectivity index (χ3v) is 2.94. The van der Waals surface area contributed by atoms with Gasteiger partial charge in [-0.1, -0.05) is 12.1 Å². The summed E-state index contributed by atoms with van der Waals surface area (Å²) >= 11 is 0. The standard InChI is InChI=1S/C16H19N3O3/c17-9-12-1-3-13(4-2-12)18-19-14-5-7-16(8-6-14)22-11-15(21)10-20/h1-8,15,20-21H,9-11,17H2. The van der Waals surface area contributed by atoms with Crippen molar-refractivity contribution in [3.05, 3.63) is 54.1 Å². The molecule has 22 heavy (non-hydrogen) atoms. The first-order valence-corrected chi connectivity index (χ1v) is 6.94. The number of benzene rings is 2. The molecule has 2 aromatic rings. The van der Waals surface area contributed by atoms with Gasteiger partial charge >= 0.3 is 0 Å². The van der Waals surface area contributed by atoms with E-state index in [9.17, 15) is 5.11 Å². The van der Waals surface area contributed by atoms with Crippen molar-refractivity contribution in [3.63, 3.8) is 0 Å². The Balaban J connectivity index is 1.93. The number of nitrogens with two attached hydrogens (primary N) is 1. The first-order chi connectivity index (χ1) is 10.7. The van der Waals surface area contributed by atoms with Gasteiger partial charge in [0.2, 0.25) is 0 Å². The highest BCUT2D eigenvalue weighted by Gasteiger charge is 2.02. The first kappa shape index (κ1) is 16.1. The molecule has 0 saturated carbocycles. The molecule has 2 rings (SSSR count). The number of hydrogen-bond donors (Lipinski definition) is 3. The Morgan fingerprint density at radius 2 is 1.50 bits per heavy atom. The maximum atomic E-state index is 9.21. The predicted molar refractivity (Wildman–Crippen MR) is 83.5 cm³/mol. The van der Waals surface area contributed by atoms with Gasteiger partial charge in [-0.2, -0.15) is 10.2 Å². The van der Waals surface area contributed by atoms with Gasteiger partial charge in [0.1, 0.15) is 18.5 Å². The fourth-order valence-electron chi connectivity index (χ4n) is 1.67. The highest BCUT2D eigenvalue weighted by atomic mass is 16.5. The van der Waals surface area contributed by atoms with Gasteiger partial charge in [-0.25, -0.2) is 0 Å². The zero-order chi connectivity index (χ0) is 15.8. The quantitative estimate of drug-likeness (QED) is 0.683. The Morgan fingerprint density at radius 1 is 0.955 bits per heavy atom. The Kier molecular flexibility index (Phi) is 6.02. The van der Waals surface area contributed by atoms with Crippen molar-refractivity contribution >= 4 is 11.4 Å². The summed E-state index contributed by atoms with van der Waals surface area (Å²) in [5, 5.41) is 26.2. The SMILES string of the molecule is NCc1ccc(N=Nc2ccc(OCC(O)CO)cc2)cc1. The molecular formula is C16H19N3O3. The van der Waals surface area contributed by atoms with E-state index in [4.69, 9.17) is 15.6 Å². The zero-order valence-corrected chi connectivity index (χ0v) is 12.1.